The zero-order valence-corrected chi connectivity index (χ0v) is 12.5. The van der Waals surface area contributed by atoms with Crippen molar-refractivity contribution in [3.05, 3.63) is 35.4 Å². The highest BCUT2D eigenvalue weighted by molar-refractivity contribution is 6.34. The standard InChI is InChI=1S/C16H19ClO3/c1-19-10-12-7-8-14(17)16(18)13(12)9-11-5-3-4-6-15(11)20-2/h3-6,9,12,14H,7-8,10H2,1-2H3. The molecule has 0 saturated heterocycles. The van der Waals surface area contributed by atoms with E-state index in [4.69, 9.17) is 21.1 Å². The molecular formula is C16H19ClO3. The minimum atomic E-state index is -0.427. The predicted molar refractivity (Wildman–Crippen MR) is 80.2 cm³/mol. The Bertz CT molecular complexity index is 510. The molecule has 3 nitrogen and oxygen atoms in total. The number of carbonyl (C=O) groups excluding carboxylic acids is 1. The highest BCUT2D eigenvalue weighted by atomic mass is 35.5. The van der Waals surface area contributed by atoms with Gasteiger partial charge in [0.2, 0.25) is 0 Å². The van der Waals surface area contributed by atoms with Crippen LogP contribution in [0.4, 0.5) is 0 Å². The minimum Gasteiger partial charge on any atom is -0.496 e. The van der Waals surface area contributed by atoms with Crippen molar-refractivity contribution in [1.82, 2.24) is 0 Å². The smallest absolute Gasteiger partial charge is 0.177 e. The maximum absolute atomic E-state index is 12.3. The number of ether oxygens (including phenoxy) is 2. The molecular weight excluding hydrogens is 276 g/mol. The van der Waals surface area contributed by atoms with Gasteiger partial charge in [0.05, 0.1) is 19.1 Å². The lowest BCUT2D eigenvalue weighted by Crippen LogP contribution is -2.30. The number of methoxy groups -OCH3 is 2. The molecule has 1 fully saturated rings. The zero-order chi connectivity index (χ0) is 14.5. The number of alkyl halides is 1. The van der Waals surface area contributed by atoms with E-state index in [0.29, 0.717) is 13.0 Å². The van der Waals surface area contributed by atoms with Crippen LogP contribution in [0.2, 0.25) is 0 Å². The second-order valence-electron chi connectivity index (χ2n) is 4.90. The molecule has 4 heteroatoms. The first-order valence-electron chi connectivity index (χ1n) is 6.69. The molecule has 20 heavy (non-hydrogen) atoms. The van der Waals surface area contributed by atoms with Gasteiger partial charge >= 0.3 is 0 Å². The molecule has 108 valence electrons. The SMILES string of the molecule is COCC1CCC(Cl)C(=O)C1=Cc1ccccc1OC. The lowest BCUT2D eigenvalue weighted by molar-refractivity contribution is -0.117. The van der Waals surface area contributed by atoms with E-state index in [-0.39, 0.29) is 11.7 Å². The van der Waals surface area contributed by atoms with Crippen LogP contribution in [0.1, 0.15) is 18.4 Å². The third-order valence-electron chi connectivity index (χ3n) is 3.60. The van der Waals surface area contributed by atoms with Crippen molar-refractivity contribution in [3.63, 3.8) is 0 Å². The summed E-state index contributed by atoms with van der Waals surface area (Å²) in [5.41, 5.74) is 1.63. The van der Waals surface area contributed by atoms with Gasteiger partial charge in [-0.2, -0.15) is 0 Å². The van der Waals surface area contributed by atoms with Crippen LogP contribution in [0, 0.1) is 5.92 Å². The van der Waals surface area contributed by atoms with Crippen LogP contribution >= 0.6 is 11.6 Å². The molecule has 0 amide bonds. The van der Waals surface area contributed by atoms with Gasteiger partial charge in [-0.1, -0.05) is 18.2 Å². The molecule has 0 aromatic heterocycles. The summed E-state index contributed by atoms with van der Waals surface area (Å²) < 4.78 is 10.5. The summed E-state index contributed by atoms with van der Waals surface area (Å²) in [6.07, 6.45) is 3.46. The Balaban J connectivity index is 2.38. The largest absolute Gasteiger partial charge is 0.496 e. The predicted octanol–water partition coefficient (Wildman–Crippen LogP) is 3.31. The molecule has 1 aromatic carbocycles. The van der Waals surface area contributed by atoms with Gasteiger partial charge in [0.1, 0.15) is 5.75 Å². The van der Waals surface area contributed by atoms with Gasteiger partial charge in [-0.15, -0.1) is 11.6 Å². The van der Waals surface area contributed by atoms with Gasteiger partial charge in [-0.25, -0.2) is 0 Å². The van der Waals surface area contributed by atoms with Crippen LogP contribution in [0.25, 0.3) is 6.08 Å². The molecule has 1 aromatic rings. The number of carbonyl (C=O) groups is 1. The molecule has 2 unspecified atom stereocenters. The van der Waals surface area contributed by atoms with Crippen molar-refractivity contribution in [2.75, 3.05) is 20.8 Å². The van der Waals surface area contributed by atoms with E-state index in [1.165, 1.54) is 0 Å². The summed E-state index contributed by atoms with van der Waals surface area (Å²) in [5, 5.41) is -0.427. The molecule has 0 bridgehead atoms. The summed E-state index contributed by atoms with van der Waals surface area (Å²) in [7, 11) is 3.27. The maximum Gasteiger partial charge on any atom is 0.177 e. The number of para-hydroxylation sites is 1. The summed E-state index contributed by atoms with van der Waals surface area (Å²) in [6.45, 7) is 0.538. The van der Waals surface area contributed by atoms with Crippen LogP contribution in [0.5, 0.6) is 5.75 Å². The Labute approximate surface area is 124 Å². The summed E-state index contributed by atoms with van der Waals surface area (Å²) in [6, 6.07) is 7.64. The first kappa shape index (κ1) is 15.1. The molecule has 1 saturated carbocycles. The fraction of sp³-hybridized carbons (Fsp3) is 0.438. The van der Waals surface area contributed by atoms with E-state index in [0.717, 1.165) is 23.3 Å². The quantitative estimate of drug-likeness (QED) is 0.631. The van der Waals surface area contributed by atoms with Crippen molar-refractivity contribution < 1.29 is 14.3 Å². The van der Waals surface area contributed by atoms with Crippen molar-refractivity contribution in [1.29, 1.82) is 0 Å². The fourth-order valence-corrected chi connectivity index (χ4v) is 2.78. The van der Waals surface area contributed by atoms with E-state index in [9.17, 15) is 4.79 Å². The molecule has 0 radical (unpaired) electrons. The van der Waals surface area contributed by atoms with Crippen molar-refractivity contribution in [2.45, 2.75) is 18.2 Å². The summed E-state index contributed by atoms with van der Waals surface area (Å²) >= 11 is 6.10. The van der Waals surface area contributed by atoms with E-state index < -0.39 is 5.38 Å². The maximum atomic E-state index is 12.3. The Morgan fingerprint density at radius 1 is 1.30 bits per heavy atom. The highest BCUT2D eigenvalue weighted by Gasteiger charge is 2.32. The van der Waals surface area contributed by atoms with E-state index >= 15 is 0 Å². The van der Waals surface area contributed by atoms with E-state index in [2.05, 4.69) is 0 Å². The molecule has 0 aliphatic heterocycles. The Morgan fingerprint density at radius 2 is 2.05 bits per heavy atom. The molecule has 0 spiro atoms. The first-order valence-corrected chi connectivity index (χ1v) is 7.12. The van der Waals surface area contributed by atoms with Crippen molar-refractivity contribution >= 4 is 23.5 Å². The van der Waals surface area contributed by atoms with Gasteiger partial charge in [0, 0.05) is 24.2 Å². The first-order chi connectivity index (χ1) is 9.67. The number of hydrogen-bond donors (Lipinski definition) is 0. The molecule has 0 N–H and O–H groups in total. The van der Waals surface area contributed by atoms with Crippen LogP contribution in [-0.2, 0) is 9.53 Å². The summed E-state index contributed by atoms with van der Waals surface area (Å²) in [4.78, 5) is 12.3. The fourth-order valence-electron chi connectivity index (χ4n) is 2.53. The molecule has 1 aliphatic rings. The van der Waals surface area contributed by atoms with E-state index in [1.807, 2.05) is 30.3 Å². The van der Waals surface area contributed by atoms with Gasteiger partial charge in [0.15, 0.2) is 5.78 Å². The molecule has 2 atom stereocenters. The minimum absolute atomic E-state index is 0.00544. The summed E-state index contributed by atoms with van der Waals surface area (Å²) in [5.74, 6) is 0.860. The topological polar surface area (TPSA) is 35.5 Å². The highest BCUT2D eigenvalue weighted by Crippen LogP contribution is 2.33. The van der Waals surface area contributed by atoms with Crippen LogP contribution < -0.4 is 4.74 Å². The normalized spacial score (nSPS) is 24.9. The van der Waals surface area contributed by atoms with Gasteiger partial charge in [0.25, 0.3) is 0 Å². The third kappa shape index (κ3) is 3.22. The molecule has 0 heterocycles. The zero-order valence-electron chi connectivity index (χ0n) is 11.8. The number of Topliss-reactive ketones (excluding diaryl/α,β-unsaturated/α-hetero) is 1. The lowest BCUT2D eigenvalue weighted by Gasteiger charge is -2.26. The van der Waals surface area contributed by atoms with Crippen molar-refractivity contribution in [2.24, 2.45) is 5.92 Å². The second kappa shape index (κ2) is 6.91. The Hall–Kier alpha value is -1.32. The number of halogens is 1. The monoisotopic (exact) mass is 294 g/mol. The van der Waals surface area contributed by atoms with Crippen LogP contribution in [0.3, 0.4) is 0 Å². The average molecular weight is 295 g/mol. The Morgan fingerprint density at radius 3 is 2.75 bits per heavy atom. The molecule has 2 rings (SSSR count). The van der Waals surface area contributed by atoms with Gasteiger partial charge in [-0.05, 0) is 25.0 Å². The molecule has 1 aliphatic carbocycles. The van der Waals surface area contributed by atoms with Gasteiger partial charge in [-0.3, -0.25) is 4.79 Å². The van der Waals surface area contributed by atoms with Crippen LogP contribution in [0.15, 0.2) is 29.8 Å². The number of benzene rings is 1. The lowest BCUT2D eigenvalue weighted by atomic mass is 9.82. The van der Waals surface area contributed by atoms with Crippen LogP contribution in [-0.4, -0.2) is 32.0 Å². The second-order valence-corrected chi connectivity index (χ2v) is 5.43. The third-order valence-corrected chi connectivity index (χ3v) is 4.01. The number of rotatable bonds is 4. The van der Waals surface area contributed by atoms with Crippen molar-refractivity contribution in [3.8, 4) is 5.75 Å². The van der Waals surface area contributed by atoms with Gasteiger partial charge < -0.3 is 9.47 Å². The number of ketones is 1. The Kier molecular flexibility index (Phi) is 5.21. The average Bonchev–Trinajstić information content (AvgIpc) is 2.47. The number of hydrogen-bond acceptors (Lipinski definition) is 3. The van der Waals surface area contributed by atoms with E-state index in [1.54, 1.807) is 14.2 Å².